The highest BCUT2D eigenvalue weighted by atomic mass is 16.5. The fourth-order valence-electron chi connectivity index (χ4n) is 1.44. The average molecular weight is 261 g/mol. The largest absolute Gasteiger partial charge is 0.493 e. The Morgan fingerprint density at radius 3 is 2.58 bits per heavy atom. The number of carbonyl (C=O) groups is 2. The lowest BCUT2D eigenvalue weighted by Gasteiger charge is -2.17. The molecule has 0 saturated heterocycles. The lowest BCUT2D eigenvalue weighted by molar-refractivity contribution is -0.144. The third kappa shape index (κ3) is 5.59. The fourth-order valence-corrected chi connectivity index (χ4v) is 1.44. The first-order chi connectivity index (χ1) is 9.13. The van der Waals surface area contributed by atoms with Crippen LogP contribution in [0.3, 0.4) is 0 Å². The molecule has 5 nitrogen and oxygen atoms in total. The monoisotopic (exact) mass is 261 g/mol. The molecule has 0 heterocycles. The first-order valence-corrected chi connectivity index (χ1v) is 5.74. The molecule has 0 unspecified atom stereocenters. The van der Waals surface area contributed by atoms with Crippen LogP contribution in [-0.4, -0.2) is 41.6 Å². The molecule has 0 spiro atoms. The van der Waals surface area contributed by atoms with E-state index in [1.165, 1.54) is 0 Å². The van der Waals surface area contributed by atoms with E-state index in [0.717, 1.165) is 4.90 Å². The third-order valence-electron chi connectivity index (χ3n) is 2.29. The van der Waals surface area contributed by atoms with Gasteiger partial charge in [-0.05, 0) is 12.1 Å². The van der Waals surface area contributed by atoms with E-state index in [-0.39, 0.29) is 25.5 Å². The van der Waals surface area contributed by atoms with Gasteiger partial charge in [0.25, 0.3) is 0 Å². The predicted molar refractivity (Wildman–Crippen MR) is 69.6 cm³/mol. The normalized spacial score (nSPS) is 9.42. The molecule has 5 heteroatoms. The van der Waals surface area contributed by atoms with Crippen molar-refractivity contribution in [3.05, 3.63) is 30.3 Å². The number of benzene rings is 1. The van der Waals surface area contributed by atoms with Crippen molar-refractivity contribution in [1.82, 2.24) is 4.90 Å². The minimum atomic E-state index is -1.09. The Morgan fingerprint density at radius 1 is 1.32 bits per heavy atom. The number of hydrogen-bond acceptors (Lipinski definition) is 3. The standard InChI is InChI=1S/C14H15NO4/c1-2-9-15(11-14(17)18)13(16)8-10-19-12-6-4-3-5-7-12/h1,3-7H,8-11H2,(H,17,18). The minimum absolute atomic E-state index is 0.0174. The quantitative estimate of drug-likeness (QED) is 0.744. The average Bonchev–Trinajstić information content (AvgIpc) is 2.39. The minimum Gasteiger partial charge on any atom is -0.493 e. The maximum absolute atomic E-state index is 11.7. The predicted octanol–water partition coefficient (Wildman–Crippen LogP) is 1.00. The molecule has 1 rings (SSSR count). The summed E-state index contributed by atoms with van der Waals surface area (Å²) in [5.74, 6) is 1.50. The second kappa shape index (κ2) is 7.77. The molecule has 0 aliphatic rings. The zero-order valence-electron chi connectivity index (χ0n) is 10.4. The molecule has 0 saturated carbocycles. The van der Waals surface area contributed by atoms with Crippen molar-refractivity contribution in [2.45, 2.75) is 6.42 Å². The summed E-state index contributed by atoms with van der Waals surface area (Å²) in [6, 6.07) is 9.07. The van der Waals surface area contributed by atoms with Gasteiger partial charge in [0.05, 0.1) is 19.6 Å². The van der Waals surface area contributed by atoms with Crippen molar-refractivity contribution in [1.29, 1.82) is 0 Å². The third-order valence-corrected chi connectivity index (χ3v) is 2.29. The molecule has 0 radical (unpaired) electrons. The lowest BCUT2D eigenvalue weighted by atomic mass is 10.3. The van der Waals surface area contributed by atoms with Crippen LogP contribution in [0.5, 0.6) is 5.75 Å². The molecule has 19 heavy (non-hydrogen) atoms. The summed E-state index contributed by atoms with van der Waals surface area (Å²) < 4.78 is 5.36. The van der Waals surface area contributed by atoms with E-state index >= 15 is 0 Å². The van der Waals surface area contributed by atoms with Gasteiger partial charge in [0.2, 0.25) is 5.91 Å². The number of terminal acetylenes is 1. The smallest absolute Gasteiger partial charge is 0.323 e. The summed E-state index contributed by atoms with van der Waals surface area (Å²) in [6.07, 6.45) is 5.18. The van der Waals surface area contributed by atoms with Gasteiger partial charge in [-0.15, -0.1) is 6.42 Å². The molecule has 1 aromatic carbocycles. The summed E-state index contributed by atoms with van der Waals surface area (Å²) in [5, 5.41) is 8.67. The topological polar surface area (TPSA) is 66.8 Å². The van der Waals surface area contributed by atoms with Crippen LogP contribution in [0, 0.1) is 12.3 Å². The van der Waals surface area contributed by atoms with E-state index < -0.39 is 12.5 Å². The Morgan fingerprint density at radius 2 is 2.00 bits per heavy atom. The van der Waals surface area contributed by atoms with Crippen LogP contribution in [0.1, 0.15) is 6.42 Å². The van der Waals surface area contributed by atoms with Crippen LogP contribution in [0.4, 0.5) is 0 Å². The van der Waals surface area contributed by atoms with Crippen LogP contribution in [-0.2, 0) is 9.59 Å². The molecular formula is C14H15NO4. The van der Waals surface area contributed by atoms with Crippen molar-refractivity contribution >= 4 is 11.9 Å². The Hall–Kier alpha value is -2.48. The number of para-hydroxylation sites is 1. The Kier molecular flexibility index (Phi) is 5.96. The Balaban J connectivity index is 2.40. The highest BCUT2D eigenvalue weighted by molar-refractivity contribution is 5.81. The number of amides is 1. The summed E-state index contributed by atoms with van der Waals surface area (Å²) in [7, 11) is 0. The lowest BCUT2D eigenvalue weighted by Crippen LogP contribution is -2.36. The van der Waals surface area contributed by atoms with Gasteiger partial charge in [-0.2, -0.15) is 0 Å². The van der Waals surface area contributed by atoms with Gasteiger partial charge in [0.15, 0.2) is 0 Å². The number of ether oxygens (including phenoxy) is 1. The summed E-state index contributed by atoms with van der Waals surface area (Å²) >= 11 is 0. The number of carboxylic acid groups (broad SMARTS) is 1. The summed E-state index contributed by atoms with van der Waals surface area (Å²) in [6.45, 7) is -0.228. The van der Waals surface area contributed by atoms with E-state index in [0.29, 0.717) is 5.75 Å². The van der Waals surface area contributed by atoms with Gasteiger partial charge in [-0.25, -0.2) is 0 Å². The highest BCUT2D eigenvalue weighted by Crippen LogP contribution is 2.08. The van der Waals surface area contributed by atoms with Gasteiger partial charge >= 0.3 is 5.97 Å². The SMILES string of the molecule is C#CCN(CC(=O)O)C(=O)CCOc1ccccc1. The fraction of sp³-hybridized carbons (Fsp3) is 0.286. The van der Waals surface area contributed by atoms with Crippen molar-refractivity contribution < 1.29 is 19.4 Å². The number of aliphatic carboxylic acids is 1. The van der Waals surface area contributed by atoms with Crippen LogP contribution < -0.4 is 4.74 Å². The molecule has 0 aromatic heterocycles. The summed E-state index contributed by atoms with van der Waals surface area (Å²) in [4.78, 5) is 23.4. The van der Waals surface area contributed by atoms with Crippen molar-refractivity contribution in [3.8, 4) is 18.1 Å². The molecule has 1 N–H and O–H groups in total. The molecule has 1 amide bonds. The molecule has 1 aromatic rings. The van der Waals surface area contributed by atoms with Gasteiger partial charge in [0, 0.05) is 0 Å². The van der Waals surface area contributed by atoms with E-state index in [1.54, 1.807) is 12.1 Å². The van der Waals surface area contributed by atoms with E-state index in [2.05, 4.69) is 5.92 Å². The van der Waals surface area contributed by atoms with E-state index in [4.69, 9.17) is 16.3 Å². The number of nitrogens with zero attached hydrogens (tertiary/aromatic N) is 1. The Labute approximate surface area is 111 Å². The first kappa shape index (κ1) is 14.6. The second-order valence-electron chi connectivity index (χ2n) is 3.76. The van der Waals surface area contributed by atoms with Crippen molar-refractivity contribution in [3.63, 3.8) is 0 Å². The van der Waals surface area contributed by atoms with Gasteiger partial charge in [-0.1, -0.05) is 24.1 Å². The number of carboxylic acids is 1. The molecule has 0 aliphatic carbocycles. The number of rotatable bonds is 7. The molecule has 0 fully saturated rings. The van der Waals surface area contributed by atoms with Gasteiger partial charge in [0.1, 0.15) is 12.3 Å². The van der Waals surface area contributed by atoms with Crippen LogP contribution >= 0.6 is 0 Å². The summed E-state index contributed by atoms with van der Waals surface area (Å²) in [5.41, 5.74) is 0. The second-order valence-corrected chi connectivity index (χ2v) is 3.76. The van der Waals surface area contributed by atoms with Gasteiger partial charge in [-0.3, -0.25) is 9.59 Å². The molecular weight excluding hydrogens is 246 g/mol. The van der Waals surface area contributed by atoms with Crippen LogP contribution in [0.15, 0.2) is 30.3 Å². The maximum atomic E-state index is 11.7. The maximum Gasteiger partial charge on any atom is 0.323 e. The zero-order valence-corrected chi connectivity index (χ0v) is 10.4. The van der Waals surface area contributed by atoms with Crippen molar-refractivity contribution in [2.24, 2.45) is 0 Å². The van der Waals surface area contributed by atoms with Gasteiger partial charge < -0.3 is 14.7 Å². The van der Waals surface area contributed by atoms with Crippen LogP contribution in [0.25, 0.3) is 0 Å². The zero-order chi connectivity index (χ0) is 14.1. The highest BCUT2D eigenvalue weighted by Gasteiger charge is 2.15. The molecule has 100 valence electrons. The van der Waals surface area contributed by atoms with E-state index in [1.807, 2.05) is 18.2 Å². The number of hydrogen-bond donors (Lipinski definition) is 1. The first-order valence-electron chi connectivity index (χ1n) is 5.74. The van der Waals surface area contributed by atoms with E-state index in [9.17, 15) is 9.59 Å². The molecule has 0 aliphatic heterocycles. The molecule has 0 bridgehead atoms. The van der Waals surface area contributed by atoms with Crippen LogP contribution in [0.2, 0.25) is 0 Å². The van der Waals surface area contributed by atoms with Crippen molar-refractivity contribution in [2.75, 3.05) is 19.7 Å². The number of carbonyl (C=O) groups excluding carboxylic acids is 1. The Bertz CT molecular complexity index is 464. The molecule has 0 atom stereocenters.